The van der Waals surface area contributed by atoms with E-state index in [1.807, 2.05) is 6.07 Å². The van der Waals surface area contributed by atoms with E-state index >= 15 is 0 Å². The fraction of sp³-hybridized carbons (Fsp3) is 0.0833. The van der Waals surface area contributed by atoms with Crippen LogP contribution in [-0.4, -0.2) is 27.2 Å². The highest BCUT2D eigenvalue weighted by molar-refractivity contribution is 5.71. The molecule has 0 radical (unpaired) electrons. The fourth-order valence-electron chi connectivity index (χ4n) is 3.14. The second-order valence-corrected chi connectivity index (χ2v) is 6.96. The van der Waals surface area contributed by atoms with Crippen molar-refractivity contribution >= 4 is 0 Å². The third-order valence-corrected chi connectivity index (χ3v) is 4.78. The van der Waals surface area contributed by atoms with E-state index in [1.165, 1.54) is 31.4 Å². The Morgan fingerprint density at radius 1 is 0.848 bits per heavy atom. The van der Waals surface area contributed by atoms with Gasteiger partial charge in [0.05, 0.1) is 29.9 Å². The van der Waals surface area contributed by atoms with Gasteiger partial charge in [-0.3, -0.25) is 0 Å². The van der Waals surface area contributed by atoms with Crippen molar-refractivity contribution in [3.8, 4) is 51.7 Å². The first-order valence-corrected chi connectivity index (χ1v) is 9.60. The summed E-state index contributed by atoms with van der Waals surface area (Å²) in [5.74, 6) is 0.408. The number of phenols is 1. The van der Waals surface area contributed by atoms with Gasteiger partial charge in [-0.2, -0.15) is 18.4 Å². The summed E-state index contributed by atoms with van der Waals surface area (Å²) in [7, 11) is 1.45. The maximum Gasteiger partial charge on any atom is 0.416 e. The van der Waals surface area contributed by atoms with Crippen molar-refractivity contribution in [2.24, 2.45) is 0 Å². The van der Waals surface area contributed by atoms with E-state index in [2.05, 4.69) is 15.0 Å². The predicted molar refractivity (Wildman–Crippen MR) is 114 cm³/mol. The Balaban J connectivity index is 1.94. The minimum Gasteiger partial charge on any atom is -0.507 e. The van der Waals surface area contributed by atoms with E-state index in [0.29, 0.717) is 16.9 Å². The number of aromatic nitrogens is 3. The molecule has 0 aliphatic rings. The predicted octanol–water partition coefficient (Wildman–Crippen LogP) is 5.48. The summed E-state index contributed by atoms with van der Waals surface area (Å²) < 4.78 is 44.8. The molecule has 0 aliphatic carbocycles. The highest BCUT2D eigenvalue weighted by atomic mass is 19.4. The Kier molecular flexibility index (Phi) is 5.67. The molecule has 0 bridgehead atoms. The molecule has 3 aromatic carbocycles. The third-order valence-electron chi connectivity index (χ3n) is 4.78. The number of methoxy groups -OCH3 is 1. The zero-order valence-electron chi connectivity index (χ0n) is 17.1. The summed E-state index contributed by atoms with van der Waals surface area (Å²) in [5, 5.41) is 19.7. The maximum absolute atomic E-state index is 13.3. The number of aromatic hydroxyl groups is 1. The van der Waals surface area contributed by atoms with Gasteiger partial charge in [-0.15, -0.1) is 0 Å². The highest BCUT2D eigenvalue weighted by Gasteiger charge is 2.30. The molecule has 0 unspecified atom stereocenters. The molecule has 6 nitrogen and oxygen atoms in total. The Labute approximate surface area is 186 Å². The normalized spacial score (nSPS) is 11.1. The average molecular weight is 448 g/mol. The molecule has 4 rings (SSSR count). The lowest BCUT2D eigenvalue weighted by Crippen LogP contribution is -2.05. The van der Waals surface area contributed by atoms with Crippen LogP contribution in [0, 0.1) is 11.3 Å². The van der Waals surface area contributed by atoms with Gasteiger partial charge in [-0.1, -0.05) is 24.3 Å². The second-order valence-electron chi connectivity index (χ2n) is 6.96. The summed E-state index contributed by atoms with van der Waals surface area (Å²) in [6.07, 6.45) is -4.54. The number of phenolic OH excluding ortho intramolecular Hbond substituents is 1. The van der Waals surface area contributed by atoms with Crippen LogP contribution in [0.3, 0.4) is 0 Å². The molecular formula is C24H15F3N4O2. The van der Waals surface area contributed by atoms with Crippen LogP contribution in [0.1, 0.15) is 11.1 Å². The zero-order valence-corrected chi connectivity index (χ0v) is 17.1. The van der Waals surface area contributed by atoms with Crippen molar-refractivity contribution < 1.29 is 23.0 Å². The molecule has 164 valence electrons. The van der Waals surface area contributed by atoms with Crippen molar-refractivity contribution in [1.82, 2.24) is 15.0 Å². The van der Waals surface area contributed by atoms with Crippen molar-refractivity contribution in [3.05, 3.63) is 77.9 Å². The van der Waals surface area contributed by atoms with Crippen LogP contribution in [-0.2, 0) is 6.18 Å². The SMILES string of the molecule is COc1ccc(-c2nc(-c3cccc(C#N)c3)nc(-c3cccc(C(F)(F)F)c3)n2)c(O)c1. The number of nitriles is 1. The molecule has 4 aromatic rings. The van der Waals surface area contributed by atoms with Gasteiger partial charge in [0.2, 0.25) is 0 Å². The fourth-order valence-corrected chi connectivity index (χ4v) is 3.14. The van der Waals surface area contributed by atoms with E-state index in [4.69, 9.17) is 4.74 Å². The van der Waals surface area contributed by atoms with Crippen molar-refractivity contribution in [3.63, 3.8) is 0 Å². The minimum atomic E-state index is -4.54. The van der Waals surface area contributed by atoms with Crippen LogP contribution >= 0.6 is 0 Å². The van der Waals surface area contributed by atoms with Crippen molar-refractivity contribution in [1.29, 1.82) is 5.26 Å². The molecule has 1 heterocycles. The molecule has 0 atom stereocenters. The molecule has 0 fully saturated rings. The first-order chi connectivity index (χ1) is 15.8. The number of nitrogens with zero attached hydrogens (tertiary/aromatic N) is 4. The third kappa shape index (κ3) is 4.60. The van der Waals surface area contributed by atoms with Crippen LogP contribution in [0.4, 0.5) is 13.2 Å². The molecule has 9 heteroatoms. The van der Waals surface area contributed by atoms with Crippen LogP contribution in [0.5, 0.6) is 11.5 Å². The van der Waals surface area contributed by atoms with Gasteiger partial charge in [0.1, 0.15) is 11.5 Å². The Morgan fingerprint density at radius 3 is 2.09 bits per heavy atom. The van der Waals surface area contributed by atoms with E-state index in [1.54, 1.807) is 30.3 Å². The van der Waals surface area contributed by atoms with Gasteiger partial charge in [0.15, 0.2) is 17.5 Å². The molecule has 0 spiro atoms. The average Bonchev–Trinajstić information content (AvgIpc) is 2.83. The van der Waals surface area contributed by atoms with Gasteiger partial charge < -0.3 is 9.84 Å². The number of rotatable bonds is 4. The van der Waals surface area contributed by atoms with Crippen LogP contribution < -0.4 is 4.74 Å². The first kappa shape index (κ1) is 21.8. The number of hydrogen-bond acceptors (Lipinski definition) is 6. The van der Waals surface area contributed by atoms with Crippen molar-refractivity contribution in [2.45, 2.75) is 6.18 Å². The van der Waals surface area contributed by atoms with Crippen LogP contribution in [0.2, 0.25) is 0 Å². The Hall–Kier alpha value is -4.45. The molecule has 0 amide bonds. The van der Waals surface area contributed by atoms with Gasteiger partial charge in [-0.05, 0) is 36.4 Å². The summed E-state index contributed by atoms with van der Waals surface area (Å²) in [6, 6.07) is 17.6. The van der Waals surface area contributed by atoms with Gasteiger partial charge in [0, 0.05) is 17.2 Å². The molecule has 0 saturated carbocycles. The minimum absolute atomic E-state index is 0.0151. The van der Waals surface area contributed by atoms with Crippen LogP contribution in [0.25, 0.3) is 34.2 Å². The number of halogens is 3. The monoisotopic (exact) mass is 448 g/mol. The van der Waals surface area contributed by atoms with E-state index < -0.39 is 11.7 Å². The zero-order chi connectivity index (χ0) is 23.6. The standard InChI is InChI=1S/C24H15F3N4O2/c1-33-18-8-9-19(20(32)12-18)23-30-21(15-5-2-4-14(10-15)13-28)29-22(31-23)16-6-3-7-17(11-16)24(25,26)27/h2-12,32H,1H3. The van der Waals surface area contributed by atoms with Crippen LogP contribution in [0.15, 0.2) is 66.7 Å². The molecule has 0 saturated heterocycles. The highest BCUT2D eigenvalue weighted by Crippen LogP contribution is 2.34. The number of ether oxygens (including phenoxy) is 1. The van der Waals surface area contributed by atoms with Gasteiger partial charge >= 0.3 is 6.18 Å². The quantitative estimate of drug-likeness (QED) is 0.445. The first-order valence-electron chi connectivity index (χ1n) is 9.60. The topological polar surface area (TPSA) is 91.9 Å². The number of benzene rings is 3. The lowest BCUT2D eigenvalue weighted by Gasteiger charge is -2.11. The largest absolute Gasteiger partial charge is 0.507 e. The molecule has 1 aromatic heterocycles. The lowest BCUT2D eigenvalue weighted by atomic mass is 10.1. The molecular weight excluding hydrogens is 433 g/mol. The summed E-state index contributed by atoms with van der Waals surface area (Å²) in [6.45, 7) is 0. The number of hydrogen-bond donors (Lipinski definition) is 1. The second kappa shape index (κ2) is 8.59. The lowest BCUT2D eigenvalue weighted by molar-refractivity contribution is -0.137. The summed E-state index contributed by atoms with van der Waals surface area (Å²) in [5.41, 5.74) is 0.354. The van der Waals surface area contributed by atoms with Gasteiger partial charge in [-0.25, -0.2) is 15.0 Å². The van der Waals surface area contributed by atoms with Crippen molar-refractivity contribution in [2.75, 3.05) is 7.11 Å². The van der Waals surface area contributed by atoms with E-state index in [0.717, 1.165) is 12.1 Å². The number of alkyl halides is 3. The molecule has 0 aliphatic heterocycles. The van der Waals surface area contributed by atoms with Gasteiger partial charge in [0.25, 0.3) is 0 Å². The summed E-state index contributed by atoms with van der Waals surface area (Å²) >= 11 is 0. The Bertz CT molecular complexity index is 1380. The summed E-state index contributed by atoms with van der Waals surface area (Å²) in [4.78, 5) is 13.1. The van der Waals surface area contributed by atoms with E-state index in [9.17, 15) is 23.5 Å². The smallest absolute Gasteiger partial charge is 0.416 e. The molecule has 1 N–H and O–H groups in total. The van der Waals surface area contributed by atoms with E-state index in [-0.39, 0.29) is 34.3 Å². The Morgan fingerprint density at radius 2 is 1.48 bits per heavy atom. The molecule has 33 heavy (non-hydrogen) atoms. The maximum atomic E-state index is 13.3.